The van der Waals surface area contributed by atoms with Crippen molar-refractivity contribution in [1.82, 2.24) is 15.6 Å². The number of pyridine rings is 1. The van der Waals surface area contributed by atoms with Gasteiger partial charge in [0.15, 0.2) is 0 Å². The van der Waals surface area contributed by atoms with Gasteiger partial charge in [-0.3, -0.25) is 4.79 Å². The largest absolute Gasteiger partial charge is 0.357 e. The molecule has 3 heterocycles. The Bertz CT molecular complexity index is 488. The second-order valence-corrected chi connectivity index (χ2v) is 6.71. The Morgan fingerprint density at radius 1 is 1.26 bits per heavy atom. The number of aromatic nitrogens is 1. The van der Waals surface area contributed by atoms with Crippen molar-refractivity contribution >= 4 is 11.7 Å². The third-order valence-corrected chi connectivity index (χ3v) is 4.94. The van der Waals surface area contributed by atoms with Crippen LogP contribution in [0.4, 0.5) is 5.82 Å². The van der Waals surface area contributed by atoms with Gasteiger partial charge < -0.3 is 15.5 Å². The number of anilines is 1. The summed E-state index contributed by atoms with van der Waals surface area (Å²) >= 11 is 0. The number of nitrogens with zero attached hydrogens (tertiary/aromatic N) is 2. The summed E-state index contributed by atoms with van der Waals surface area (Å²) < 4.78 is 0. The Hall–Kier alpha value is -1.62. The van der Waals surface area contributed by atoms with E-state index in [1.165, 1.54) is 32.1 Å². The highest BCUT2D eigenvalue weighted by molar-refractivity contribution is 5.94. The quantitative estimate of drug-likeness (QED) is 0.874. The maximum atomic E-state index is 12.2. The number of carbonyl (C=O) groups excluding carboxylic acids is 1. The molecule has 1 amide bonds. The molecule has 5 heteroatoms. The fourth-order valence-corrected chi connectivity index (χ4v) is 3.46. The summed E-state index contributed by atoms with van der Waals surface area (Å²) in [6.45, 7) is 5.10. The maximum absolute atomic E-state index is 12.2. The molecule has 0 spiro atoms. The van der Waals surface area contributed by atoms with E-state index in [0.29, 0.717) is 11.5 Å². The Morgan fingerprint density at radius 2 is 2.09 bits per heavy atom. The average Bonchev–Trinajstić information content (AvgIpc) is 2.95. The Kier molecular flexibility index (Phi) is 5.86. The second-order valence-electron chi connectivity index (χ2n) is 6.71. The van der Waals surface area contributed by atoms with Crippen LogP contribution < -0.4 is 15.5 Å². The standard InChI is InChI=1S/C18H28N4O/c23-18(20-10-8-15-7-9-19-13-15)16-5-6-17(21-14-16)22-11-3-1-2-4-12-22/h5-6,14-15,19H,1-4,7-13H2,(H,20,23). The van der Waals surface area contributed by atoms with E-state index in [0.717, 1.165) is 45.0 Å². The van der Waals surface area contributed by atoms with Crippen LogP contribution in [0.5, 0.6) is 0 Å². The molecule has 23 heavy (non-hydrogen) atoms. The van der Waals surface area contributed by atoms with Gasteiger partial charge in [-0.15, -0.1) is 0 Å². The van der Waals surface area contributed by atoms with Crippen molar-refractivity contribution in [3.8, 4) is 0 Å². The molecule has 0 radical (unpaired) electrons. The van der Waals surface area contributed by atoms with Gasteiger partial charge in [0, 0.05) is 25.8 Å². The third-order valence-electron chi connectivity index (χ3n) is 4.94. The van der Waals surface area contributed by atoms with Crippen molar-refractivity contribution < 1.29 is 4.79 Å². The molecule has 5 nitrogen and oxygen atoms in total. The molecular formula is C18H28N4O. The molecule has 2 aliphatic heterocycles. The van der Waals surface area contributed by atoms with Crippen LogP contribution in [-0.2, 0) is 0 Å². The molecule has 0 aromatic carbocycles. The van der Waals surface area contributed by atoms with Gasteiger partial charge in [-0.2, -0.15) is 0 Å². The first-order valence-corrected chi connectivity index (χ1v) is 9.03. The minimum absolute atomic E-state index is 0.00845. The van der Waals surface area contributed by atoms with E-state index >= 15 is 0 Å². The summed E-state index contributed by atoms with van der Waals surface area (Å²) in [4.78, 5) is 19.0. The normalized spacial score (nSPS) is 21.9. The summed E-state index contributed by atoms with van der Waals surface area (Å²) in [7, 11) is 0. The van der Waals surface area contributed by atoms with Gasteiger partial charge in [-0.1, -0.05) is 12.8 Å². The molecule has 3 rings (SSSR count). The first-order chi connectivity index (χ1) is 11.3. The molecular weight excluding hydrogens is 288 g/mol. The van der Waals surface area contributed by atoms with Crippen LogP contribution in [0.2, 0.25) is 0 Å². The van der Waals surface area contributed by atoms with Crippen molar-refractivity contribution in [3.05, 3.63) is 23.9 Å². The van der Waals surface area contributed by atoms with Crippen molar-refractivity contribution in [3.63, 3.8) is 0 Å². The SMILES string of the molecule is O=C(NCCC1CCNC1)c1ccc(N2CCCCCC2)nc1. The van der Waals surface area contributed by atoms with E-state index in [1.54, 1.807) is 6.20 Å². The van der Waals surface area contributed by atoms with E-state index in [1.807, 2.05) is 12.1 Å². The van der Waals surface area contributed by atoms with E-state index in [2.05, 4.69) is 20.5 Å². The van der Waals surface area contributed by atoms with Gasteiger partial charge in [0.25, 0.3) is 5.91 Å². The van der Waals surface area contributed by atoms with Crippen molar-refractivity contribution in [2.45, 2.75) is 38.5 Å². The number of hydrogen-bond donors (Lipinski definition) is 2. The number of carbonyl (C=O) groups is 1. The van der Waals surface area contributed by atoms with Crippen LogP contribution in [0.25, 0.3) is 0 Å². The van der Waals surface area contributed by atoms with Gasteiger partial charge in [0.2, 0.25) is 0 Å². The first kappa shape index (κ1) is 16.2. The van der Waals surface area contributed by atoms with E-state index in [4.69, 9.17) is 0 Å². The third kappa shape index (κ3) is 4.67. The van der Waals surface area contributed by atoms with Crippen molar-refractivity contribution in [1.29, 1.82) is 0 Å². The van der Waals surface area contributed by atoms with E-state index in [9.17, 15) is 4.79 Å². The summed E-state index contributed by atoms with van der Waals surface area (Å²) in [6.07, 6.45) is 9.09. The number of amides is 1. The molecule has 2 N–H and O–H groups in total. The van der Waals surface area contributed by atoms with Crippen molar-refractivity contribution in [2.24, 2.45) is 5.92 Å². The topological polar surface area (TPSA) is 57.3 Å². The lowest BCUT2D eigenvalue weighted by Crippen LogP contribution is -2.27. The monoisotopic (exact) mass is 316 g/mol. The predicted molar refractivity (Wildman–Crippen MR) is 92.8 cm³/mol. The average molecular weight is 316 g/mol. The van der Waals surface area contributed by atoms with E-state index in [-0.39, 0.29) is 5.91 Å². The zero-order valence-corrected chi connectivity index (χ0v) is 13.9. The highest BCUT2D eigenvalue weighted by Crippen LogP contribution is 2.17. The predicted octanol–water partition coefficient (Wildman–Crippen LogP) is 2.19. The molecule has 2 aliphatic rings. The first-order valence-electron chi connectivity index (χ1n) is 9.03. The summed E-state index contributed by atoms with van der Waals surface area (Å²) in [5.74, 6) is 1.70. The number of nitrogens with one attached hydrogen (secondary N) is 2. The molecule has 1 aromatic rings. The van der Waals surface area contributed by atoms with Gasteiger partial charge in [-0.05, 0) is 56.8 Å². The van der Waals surface area contributed by atoms with Crippen LogP contribution in [0.15, 0.2) is 18.3 Å². The maximum Gasteiger partial charge on any atom is 0.252 e. The Morgan fingerprint density at radius 3 is 2.74 bits per heavy atom. The fraction of sp³-hybridized carbons (Fsp3) is 0.667. The van der Waals surface area contributed by atoms with Crippen LogP contribution in [-0.4, -0.2) is 43.6 Å². The van der Waals surface area contributed by atoms with E-state index < -0.39 is 0 Å². The highest BCUT2D eigenvalue weighted by Gasteiger charge is 2.15. The van der Waals surface area contributed by atoms with Crippen LogP contribution in [0, 0.1) is 5.92 Å². The molecule has 0 aliphatic carbocycles. The van der Waals surface area contributed by atoms with Gasteiger partial charge in [0.05, 0.1) is 5.56 Å². The lowest BCUT2D eigenvalue weighted by Gasteiger charge is -2.21. The second kappa shape index (κ2) is 8.29. The molecule has 2 fully saturated rings. The minimum atomic E-state index is -0.00845. The van der Waals surface area contributed by atoms with Crippen LogP contribution in [0.1, 0.15) is 48.9 Å². The summed E-state index contributed by atoms with van der Waals surface area (Å²) in [5.41, 5.74) is 0.660. The zero-order chi connectivity index (χ0) is 15.9. The van der Waals surface area contributed by atoms with Crippen LogP contribution >= 0.6 is 0 Å². The number of hydrogen-bond acceptors (Lipinski definition) is 4. The molecule has 1 unspecified atom stereocenters. The molecule has 1 atom stereocenters. The molecule has 0 bridgehead atoms. The molecule has 0 saturated carbocycles. The smallest absolute Gasteiger partial charge is 0.252 e. The Labute approximate surface area is 138 Å². The zero-order valence-electron chi connectivity index (χ0n) is 13.9. The van der Waals surface area contributed by atoms with Crippen molar-refractivity contribution in [2.75, 3.05) is 37.6 Å². The van der Waals surface area contributed by atoms with Gasteiger partial charge >= 0.3 is 0 Å². The Balaban J connectivity index is 1.48. The summed E-state index contributed by atoms with van der Waals surface area (Å²) in [5, 5.41) is 6.37. The molecule has 126 valence electrons. The fourth-order valence-electron chi connectivity index (χ4n) is 3.46. The molecule has 2 saturated heterocycles. The minimum Gasteiger partial charge on any atom is -0.357 e. The van der Waals surface area contributed by atoms with Crippen LogP contribution in [0.3, 0.4) is 0 Å². The lowest BCUT2D eigenvalue weighted by molar-refractivity contribution is 0.0951. The summed E-state index contributed by atoms with van der Waals surface area (Å²) in [6, 6.07) is 3.89. The number of rotatable bonds is 5. The molecule has 1 aromatic heterocycles. The highest BCUT2D eigenvalue weighted by atomic mass is 16.1. The van der Waals surface area contributed by atoms with Gasteiger partial charge in [0.1, 0.15) is 5.82 Å². The lowest BCUT2D eigenvalue weighted by atomic mass is 10.1. The van der Waals surface area contributed by atoms with Gasteiger partial charge in [-0.25, -0.2) is 4.98 Å².